The number of aliphatic carboxylic acids is 1. The molecule has 1 fully saturated rings. The van der Waals surface area contributed by atoms with Crippen molar-refractivity contribution in [3.63, 3.8) is 0 Å². The van der Waals surface area contributed by atoms with Crippen molar-refractivity contribution in [2.75, 3.05) is 19.8 Å². The van der Waals surface area contributed by atoms with E-state index < -0.39 is 24.3 Å². The maximum absolute atomic E-state index is 13.0. The number of pyridine rings is 1. The number of ether oxygens (including phenoxy) is 3. The zero-order valence-electron chi connectivity index (χ0n) is 24.2. The number of alkyl halides is 3. The molecular weight excluding hydrogens is 593 g/mol. The van der Waals surface area contributed by atoms with Gasteiger partial charge in [-0.2, -0.15) is 13.2 Å². The smallest absolute Gasteiger partial charge is 0.490 e. The molecule has 0 bridgehead atoms. The Kier molecular flexibility index (Phi) is 11.7. The molecule has 2 atom stereocenters. The first kappa shape index (κ1) is 33.2. The lowest BCUT2D eigenvalue weighted by Gasteiger charge is -2.32. The van der Waals surface area contributed by atoms with E-state index in [1.165, 1.54) is 6.07 Å². The van der Waals surface area contributed by atoms with Crippen LogP contribution in [0.5, 0.6) is 5.75 Å². The number of hydrogen-bond acceptors (Lipinski definition) is 6. The lowest BCUT2D eigenvalue weighted by Crippen LogP contribution is -2.49. The molecule has 238 valence electrons. The molecule has 1 aliphatic heterocycles. The summed E-state index contributed by atoms with van der Waals surface area (Å²) in [7, 11) is 0. The van der Waals surface area contributed by atoms with Crippen LogP contribution >= 0.6 is 0 Å². The van der Waals surface area contributed by atoms with Crippen LogP contribution < -0.4 is 15.6 Å². The fourth-order valence-corrected chi connectivity index (χ4v) is 4.71. The normalized spacial score (nSPS) is 16.4. The van der Waals surface area contributed by atoms with Gasteiger partial charge in [0, 0.05) is 25.2 Å². The average Bonchev–Trinajstić information content (AvgIpc) is 3.02. The van der Waals surface area contributed by atoms with E-state index in [2.05, 4.69) is 23.5 Å². The van der Waals surface area contributed by atoms with Gasteiger partial charge in [-0.15, -0.1) is 0 Å². The van der Waals surface area contributed by atoms with Crippen LogP contribution in [0.4, 0.5) is 13.2 Å². The third-order valence-electron chi connectivity index (χ3n) is 6.92. The zero-order valence-corrected chi connectivity index (χ0v) is 24.2. The highest BCUT2D eigenvalue weighted by Gasteiger charge is 2.38. The van der Waals surface area contributed by atoms with Crippen LogP contribution in [-0.2, 0) is 32.3 Å². The van der Waals surface area contributed by atoms with Crippen LogP contribution in [-0.4, -0.2) is 53.6 Å². The molecular formula is C33H33F3N2O7. The Morgan fingerprint density at radius 2 is 1.60 bits per heavy atom. The van der Waals surface area contributed by atoms with Gasteiger partial charge in [-0.05, 0) is 40.5 Å². The van der Waals surface area contributed by atoms with Gasteiger partial charge in [0.2, 0.25) is 0 Å². The number of nitrogens with zero attached hydrogens (tertiary/aromatic N) is 1. The number of aromatic nitrogens is 1. The third-order valence-corrected chi connectivity index (χ3v) is 6.92. The first-order valence-electron chi connectivity index (χ1n) is 14.3. The molecule has 2 unspecified atom stereocenters. The first-order valence-corrected chi connectivity index (χ1v) is 14.3. The van der Waals surface area contributed by atoms with Crippen molar-refractivity contribution in [1.29, 1.82) is 0 Å². The third kappa shape index (κ3) is 9.91. The highest BCUT2D eigenvalue weighted by Crippen LogP contribution is 2.24. The summed E-state index contributed by atoms with van der Waals surface area (Å²) in [5.41, 5.74) is 1.89. The molecule has 0 spiro atoms. The number of nitrogens with one attached hydrogen (secondary N) is 1. The highest BCUT2D eigenvalue weighted by molar-refractivity contribution is 5.83. The van der Waals surface area contributed by atoms with Gasteiger partial charge in [0.1, 0.15) is 5.75 Å². The van der Waals surface area contributed by atoms with Crippen molar-refractivity contribution in [3.05, 3.63) is 113 Å². The number of hydrogen-bond donors (Lipinski definition) is 2. The van der Waals surface area contributed by atoms with Gasteiger partial charge in [0.05, 0.1) is 32.5 Å². The Morgan fingerprint density at radius 3 is 2.31 bits per heavy atom. The van der Waals surface area contributed by atoms with Crippen LogP contribution in [0.15, 0.2) is 95.9 Å². The van der Waals surface area contributed by atoms with Gasteiger partial charge < -0.3 is 29.2 Å². The fourth-order valence-electron chi connectivity index (χ4n) is 4.71. The zero-order chi connectivity index (χ0) is 32.2. The van der Waals surface area contributed by atoms with Crippen LogP contribution in [0.2, 0.25) is 0 Å². The summed E-state index contributed by atoms with van der Waals surface area (Å²) in [4.78, 5) is 34.6. The van der Waals surface area contributed by atoms with E-state index in [4.69, 9.17) is 24.1 Å². The minimum atomic E-state index is -5.08. The molecule has 0 aliphatic carbocycles. The number of benzene rings is 3. The lowest BCUT2D eigenvalue weighted by molar-refractivity contribution is -0.192. The van der Waals surface area contributed by atoms with Crippen LogP contribution in [0.25, 0.3) is 10.8 Å². The quantitative estimate of drug-likeness (QED) is 0.218. The molecule has 1 saturated heterocycles. The summed E-state index contributed by atoms with van der Waals surface area (Å²) < 4.78 is 50.9. The predicted octanol–water partition coefficient (Wildman–Crippen LogP) is 5.27. The van der Waals surface area contributed by atoms with Gasteiger partial charge in [-0.1, -0.05) is 66.7 Å². The minimum absolute atomic E-state index is 0.204. The number of carbonyl (C=O) groups excluding carboxylic acids is 1. The van der Waals surface area contributed by atoms with E-state index in [0.717, 1.165) is 21.9 Å². The number of fused-ring (bicyclic) bond motifs is 1. The van der Waals surface area contributed by atoms with Gasteiger partial charge in [-0.25, -0.2) is 4.79 Å². The van der Waals surface area contributed by atoms with Gasteiger partial charge in [-0.3, -0.25) is 9.59 Å². The molecule has 2 N–H and O–H groups in total. The van der Waals surface area contributed by atoms with E-state index in [1.807, 2.05) is 54.6 Å². The molecule has 2 heterocycles. The van der Waals surface area contributed by atoms with Crippen molar-refractivity contribution in [2.24, 2.45) is 0 Å². The van der Waals surface area contributed by atoms with Crippen molar-refractivity contribution in [3.8, 4) is 5.75 Å². The Hall–Kier alpha value is -4.68. The fraction of sp³-hybridized carbons (Fsp3) is 0.303. The summed E-state index contributed by atoms with van der Waals surface area (Å²) >= 11 is 0. The number of carboxylic acids is 1. The number of carboxylic acid groups (broad SMARTS) is 1. The lowest BCUT2D eigenvalue weighted by atomic mass is 10.0. The number of rotatable bonds is 11. The van der Waals surface area contributed by atoms with Gasteiger partial charge in [0.15, 0.2) is 6.10 Å². The molecule has 0 saturated carbocycles. The van der Waals surface area contributed by atoms with Crippen molar-refractivity contribution >= 4 is 22.6 Å². The molecule has 9 nitrogen and oxygen atoms in total. The van der Waals surface area contributed by atoms with Crippen LogP contribution in [0.3, 0.4) is 0 Å². The first-order chi connectivity index (χ1) is 21.6. The van der Waals surface area contributed by atoms with E-state index in [-0.39, 0.29) is 18.1 Å². The van der Waals surface area contributed by atoms with Gasteiger partial charge >= 0.3 is 12.1 Å². The largest absolute Gasteiger partial charge is 0.493 e. The Balaban J connectivity index is 0.000000591. The molecule has 1 aromatic heterocycles. The molecule has 1 amide bonds. The average molecular weight is 627 g/mol. The molecule has 1 aliphatic rings. The van der Waals surface area contributed by atoms with E-state index in [9.17, 15) is 22.8 Å². The summed E-state index contributed by atoms with van der Waals surface area (Å²) in [5.74, 6) is -2.46. The van der Waals surface area contributed by atoms with Crippen molar-refractivity contribution < 1.29 is 42.1 Å². The van der Waals surface area contributed by atoms with E-state index >= 15 is 0 Å². The SMILES string of the molecule is O=C(O)C(F)(F)F.O=C1NCCC(n2ccc(OCCCOCc3ccccc3)cc2=O)C1OCc1ccc2ccccc2c1. The van der Waals surface area contributed by atoms with E-state index in [1.54, 1.807) is 16.8 Å². The van der Waals surface area contributed by atoms with Crippen LogP contribution in [0.1, 0.15) is 30.0 Å². The molecule has 4 aromatic rings. The highest BCUT2D eigenvalue weighted by atomic mass is 19.4. The standard InChI is InChI=1S/C31H32N2O5.C2HF3O2/c34-29-20-27(37-18-6-17-36-21-23-7-2-1-3-8-23)14-16-33(29)28-13-15-32-31(35)30(28)38-22-24-11-12-25-9-4-5-10-26(25)19-24;3-2(4,5)1(6)7/h1-5,7-12,14,16,19-20,28,30H,6,13,15,17-18,21-22H2,(H,32,35);(H,6,7). The molecule has 12 heteroatoms. The Bertz CT molecular complexity index is 1630. The second-order valence-electron chi connectivity index (χ2n) is 10.2. The second-order valence-corrected chi connectivity index (χ2v) is 10.2. The van der Waals surface area contributed by atoms with E-state index in [0.29, 0.717) is 45.0 Å². The molecule has 45 heavy (non-hydrogen) atoms. The summed E-state index contributed by atoms with van der Waals surface area (Å²) in [5, 5.41) is 12.3. The Morgan fingerprint density at radius 1 is 0.889 bits per heavy atom. The monoisotopic (exact) mass is 626 g/mol. The molecule has 0 radical (unpaired) electrons. The topological polar surface area (TPSA) is 116 Å². The maximum atomic E-state index is 13.0. The molecule has 5 rings (SSSR count). The number of carbonyl (C=O) groups is 2. The maximum Gasteiger partial charge on any atom is 0.490 e. The number of piperidine rings is 1. The number of amides is 1. The molecule has 3 aromatic carbocycles. The Labute approximate surface area is 257 Å². The summed E-state index contributed by atoms with van der Waals surface area (Å²) in [6.07, 6.45) is -2.84. The predicted molar refractivity (Wildman–Crippen MR) is 160 cm³/mol. The van der Waals surface area contributed by atoms with Crippen molar-refractivity contribution in [2.45, 2.75) is 44.4 Å². The second kappa shape index (κ2) is 15.9. The van der Waals surface area contributed by atoms with Crippen LogP contribution in [0, 0.1) is 0 Å². The number of halogens is 3. The van der Waals surface area contributed by atoms with Gasteiger partial charge in [0.25, 0.3) is 11.5 Å². The summed E-state index contributed by atoms with van der Waals surface area (Å²) in [6.45, 7) is 2.35. The summed E-state index contributed by atoms with van der Waals surface area (Å²) in [6, 6.07) is 27.1. The van der Waals surface area contributed by atoms with Crippen molar-refractivity contribution in [1.82, 2.24) is 9.88 Å². The minimum Gasteiger partial charge on any atom is -0.493 e.